The van der Waals surface area contributed by atoms with Crippen molar-refractivity contribution >= 4 is 29.4 Å². The van der Waals surface area contributed by atoms with E-state index < -0.39 is 6.03 Å². The number of carbonyl (C=O) groups is 2. The van der Waals surface area contributed by atoms with Crippen molar-refractivity contribution in [3.05, 3.63) is 100.0 Å². The highest BCUT2D eigenvalue weighted by molar-refractivity contribution is 6.31. The summed E-state index contributed by atoms with van der Waals surface area (Å²) in [6.45, 7) is 2.08. The smallest absolute Gasteiger partial charge is 0.329 e. The van der Waals surface area contributed by atoms with E-state index in [-0.39, 0.29) is 24.8 Å². The average Bonchev–Trinajstić information content (AvgIpc) is 3.76. The van der Waals surface area contributed by atoms with Gasteiger partial charge in [0.25, 0.3) is 0 Å². The molecule has 232 valence electrons. The first-order chi connectivity index (χ1) is 21.9. The molecule has 2 fully saturated rings. The number of nitrogens with zero attached hydrogens (tertiary/aromatic N) is 4. The number of urea groups is 1. The van der Waals surface area contributed by atoms with E-state index in [1.54, 1.807) is 23.2 Å². The third-order valence-corrected chi connectivity index (χ3v) is 9.74. The lowest BCUT2D eigenvalue weighted by Gasteiger charge is -2.30. The second-order valence-corrected chi connectivity index (χ2v) is 12.6. The van der Waals surface area contributed by atoms with Crippen molar-refractivity contribution in [1.29, 1.82) is 0 Å². The standard InChI is InChI=1S/C35H35ClFN5O3/c1-40-32(42-16-15-31(43)39-35(42)44)18-38-34(40)24-11-12-25-20-41(33(27(25)17-24)23-5-2-3-6-23)19-22-9-13-26(14-10-22)45-21-28-29(36)7-4-8-30(28)37/h4,7-14,17-18,23,33H,2-3,5-6,15-16,19-21H2,1H3,(H,39,43,44)/t33-/m0/s1. The molecule has 0 unspecified atom stereocenters. The van der Waals surface area contributed by atoms with Gasteiger partial charge < -0.3 is 9.30 Å². The number of hydrogen-bond acceptors (Lipinski definition) is 5. The van der Waals surface area contributed by atoms with E-state index in [0.717, 1.165) is 24.5 Å². The van der Waals surface area contributed by atoms with E-state index in [2.05, 4.69) is 40.5 Å². The Bertz CT molecular complexity index is 1730. The molecule has 2 aliphatic heterocycles. The summed E-state index contributed by atoms with van der Waals surface area (Å²) >= 11 is 6.16. The number of benzene rings is 3. The van der Waals surface area contributed by atoms with Crippen LogP contribution in [-0.4, -0.2) is 32.9 Å². The molecule has 1 aromatic heterocycles. The molecule has 1 saturated heterocycles. The molecule has 10 heteroatoms. The normalized spacial score (nSPS) is 18.8. The molecule has 7 rings (SSSR count). The van der Waals surface area contributed by atoms with E-state index in [1.807, 2.05) is 23.7 Å². The second kappa shape index (κ2) is 12.3. The molecule has 1 saturated carbocycles. The number of anilines is 1. The summed E-state index contributed by atoms with van der Waals surface area (Å²) in [6.07, 6.45) is 6.91. The molecule has 0 bridgehead atoms. The Balaban J connectivity index is 1.10. The largest absolute Gasteiger partial charge is 0.489 e. The maximum Gasteiger partial charge on any atom is 0.329 e. The van der Waals surface area contributed by atoms with Gasteiger partial charge in [-0.05, 0) is 65.8 Å². The number of carbonyl (C=O) groups excluding carboxylic acids is 2. The van der Waals surface area contributed by atoms with Crippen molar-refractivity contribution in [3.8, 4) is 17.1 Å². The van der Waals surface area contributed by atoms with Crippen LogP contribution in [0.3, 0.4) is 0 Å². The maximum absolute atomic E-state index is 14.2. The van der Waals surface area contributed by atoms with Gasteiger partial charge in [0.2, 0.25) is 5.91 Å². The number of nitrogens with one attached hydrogen (secondary N) is 1. The third kappa shape index (κ3) is 5.82. The topological polar surface area (TPSA) is 79.7 Å². The highest BCUT2D eigenvalue weighted by Gasteiger charge is 2.37. The Morgan fingerprint density at radius 2 is 1.87 bits per heavy atom. The molecule has 1 aliphatic carbocycles. The van der Waals surface area contributed by atoms with Gasteiger partial charge in [-0.25, -0.2) is 14.2 Å². The summed E-state index contributed by atoms with van der Waals surface area (Å²) in [7, 11) is 1.91. The first-order valence-corrected chi connectivity index (χ1v) is 15.9. The van der Waals surface area contributed by atoms with Crippen LogP contribution in [0.2, 0.25) is 5.02 Å². The number of hydrogen-bond donors (Lipinski definition) is 1. The van der Waals surface area contributed by atoms with E-state index in [0.29, 0.717) is 40.7 Å². The Morgan fingerprint density at radius 3 is 2.62 bits per heavy atom. The van der Waals surface area contributed by atoms with E-state index >= 15 is 0 Å². The fourth-order valence-electron chi connectivity index (χ4n) is 7.10. The van der Waals surface area contributed by atoms with Crippen LogP contribution in [0.5, 0.6) is 5.75 Å². The molecule has 3 aromatic carbocycles. The third-order valence-electron chi connectivity index (χ3n) is 9.38. The van der Waals surface area contributed by atoms with E-state index in [9.17, 15) is 14.0 Å². The minimum absolute atomic E-state index is 0.0702. The fraction of sp³-hybridized carbons (Fsp3) is 0.343. The minimum atomic E-state index is -0.416. The number of fused-ring (bicyclic) bond motifs is 1. The lowest BCUT2D eigenvalue weighted by Crippen LogP contribution is -2.50. The highest BCUT2D eigenvalue weighted by Crippen LogP contribution is 2.47. The highest BCUT2D eigenvalue weighted by atomic mass is 35.5. The lowest BCUT2D eigenvalue weighted by molar-refractivity contribution is -0.120. The van der Waals surface area contributed by atoms with Crippen molar-refractivity contribution < 1.29 is 18.7 Å². The molecule has 3 aliphatic rings. The monoisotopic (exact) mass is 627 g/mol. The summed E-state index contributed by atoms with van der Waals surface area (Å²) in [4.78, 5) is 33.0. The zero-order chi connectivity index (χ0) is 31.1. The van der Waals surface area contributed by atoms with Gasteiger partial charge in [-0.1, -0.05) is 54.8 Å². The Hall–Kier alpha value is -4.21. The van der Waals surface area contributed by atoms with Gasteiger partial charge in [0.05, 0.1) is 11.2 Å². The zero-order valence-corrected chi connectivity index (χ0v) is 25.9. The number of halogens is 2. The summed E-state index contributed by atoms with van der Waals surface area (Å²) in [5, 5.41) is 2.75. The number of amides is 3. The molecule has 1 atom stereocenters. The summed E-state index contributed by atoms with van der Waals surface area (Å²) in [6, 6.07) is 19.2. The summed E-state index contributed by atoms with van der Waals surface area (Å²) in [5.41, 5.74) is 5.24. The summed E-state index contributed by atoms with van der Waals surface area (Å²) < 4.78 is 22.0. The number of rotatable bonds is 8. The zero-order valence-electron chi connectivity index (χ0n) is 25.1. The molecule has 3 heterocycles. The van der Waals surface area contributed by atoms with E-state index in [1.165, 1.54) is 48.4 Å². The number of ether oxygens (including phenoxy) is 1. The quantitative estimate of drug-likeness (QED) is 0.224. The van der Waals surface area contributed by atoms with Crippen molar-refractivity contribution in [2.24, 2.45) is 13.0 Å². The van der Waals surface area contributed by atoms with Gasteiger partial charge >= 0.3 is 6.03 Å². The van der Waals surface area contributed by atoms with Gasteiger partial charge in [-0.2, -0.15) is 0 Å². The maximum atomic E-state index is 14.2. The lowest BCUT2D eigenvalue weighted by atomic mass is 9.90. The van der Waals surface area contributed by atoms with Gasteiger partial charge in [-0.3, -0.25) is 19.9 Å². The van der Waals surface area contributed by atoms with Crippen LogP contribution in [0.4, 0.5) is 15.0 Å². The molecule has 3 amide bonds. The van der Waals surface area contributed by atoms with Gasteiger partial charge in [0.15, 0.2) is 0 Å². The predicted molar refractivity (Wildman–Crippen MR) is 170 cm³/mol. The van der Waals surface area contributed by atoms with Crippen LogP contribution in [0.15, 0.2) is 66.9 Å². The predicted octanol–water partition coefficient (Wildman–Crippen LogP) is 7.15. The molecular weight excluding hydrogens is 593 g/mol. The fourth-order valence-corrected chi connectivity index (χ4v) is 7.32. The molecular formula is C35H35ClFN5O3. The first-order valence-electron chi connectivity index (χ1n) is 15.5. The van der Waals surface area contributed by atoms with Crippen LogP contribution in [0.1, 0.15) is 60.4 Å². The van der Waals surface area contributed by atoms with Gasteiger partial charge in [-0.15, -0.1) is 0 Å². The minimum Gasteiger partial charge on any atom is -0.489 e. The van der Waals surface area contributed by atoms with Crippen LogP contribution in [0, 0.1) is 11.7 Å². The Kier molecular flexibility index (Phi) is 8.06. The second-order valence-electron chi connectivity index (χ2n) is 12.2. The van der Waals surface area contributed by atoms with Crippen molar-refractivity contribution in [1.82, 2.24) is 19.8 Å². The van der Waals surface area contributed by atoms with Crippen LogP contribution < -0.4 is 15.0 Å². The summed E-state index contributed by atoms with van der Waals surface area (Å²) in [5.74, 6) is 2.07. The van der Waals surface area contributed by atoms with Gasteiger partial charge in [0.1, 0.15) is 29.8 Å². The van der Waals surface area contributed by atoms with Crippen molar-refractivity contribution in [3.63, 3.8) is 0 Å². The molecule has 0 spiro atoms. The average molecular weight is 628 g/mol. The Labute approximate surface area is 266 Å². The molecule has 1 N–H and O–H groups in total. The number of imide groups is 1. The van der Waals surface area contributed by atoms with E-state index in [4.69, 9.17) is 21.3 Å². The molecule has 8 nitrogen and oxygen atoms in total. The first kappa shape index (κ1) is 29.5. The molecule has 45 heavy (non-hydrogen) atoms. The van der Waals surface area contributed by atoms with Crippen LogP contribution in [-0.2, 0) is 31.5 Å². The Morgan fingerprint density at radius 1 is 1.07 bits per heavy atom. The molecule has 0 radical (unpaired) electrons. The van der Waals surface area contributed by atoms with Crippen LogP contribution >= 0.6 is 11.6 Å². The van der Waals surface area contributed by atoms with Crippen LogP contribution in [0.25, 0.3) is 11.4 Å². The molecule has 4 aromatic rings. The number of aromatic nitrogens is 2. The van der Waals surface area contributed by atoms with Crippen molar-refractivity contribution in [2.45, 2.75) is 57.8 Å². The van der Waals surface area contributed by atoms with Crippen molar-refractivity contribution in [2.75, 3.05) is 11.4 Å². The SMILES string of the molecule is Cn1c(N2CCC(=O)NC2=O)cnc1-c1ccc2c(c1)[C@H](C1CCCC1)N(Cc1ccc(OCc3c(F)cccc3Cl)cc1)C2. The number of imidazole rings is 1. The van der Waals surface area contributed by atoms with Gasteiger partial charge in [0, 0.05) is 50.3 Å².